The number of piperidine rings is 1. The molecule has 9 heteroatoms. The van der Waals surface area contributed by atoms with Crippen molar-refractivity contribution in [2.24, 2.45) is 0 Å². The molecular weight excluding hydrogens is 379 g/mol. The van der Waals surface area contributed by atoms with Gasteiger partial charge in [0.15, 0.2) is 0 Å². The SMILES string of the molecule is CSCCC1NC2(CCN(C(=O)c3ccc(C(F)(F)F)cc3)CC2)[N]C1=O. The van der Waals surface area contributed by atoms with Gasteiger partial charge in [-0.3, -0.25) is 14.9 Å². The maximum absolute atomic E-state index is 12.6. The van der Waals surface area contributed by atoms with E-state index in [-0.39, 0.29) is 23.4 Å². The highest BCUT2D eigenvalue weighted by molar-refractivity contribution is 7.98. The number of carbonyl (C=O) groups excluding carboxylic acids is 2. The Hall–Kier alpha value is -1.74. The minimum Gasteiger partial charge on any atom is -0.338 e. The standard InChI is InChI=1S/C18H21F3N3O2S/c1-27-11-6-14-15(25)23-17(22-14)7-9-24(10-8-17)16(26)12-2-4-13(5-3-12)18(19,20)21/h2-5,14,22H,6-11H2,1H3. The van der Waals surface area contributed by atoms with E-state index in [4.69, 9.17) is 0 Å². The molecule has 1 unspecified atom stereocenters. The molecule has 2 heterocycles. The van der Waals surface area contributed by atoms with E-state index < -0.39 is 17.4 Å². The van der Waals surface area contributed by atoms with Crippen molar-refractivity contribution >= 4 is 23.6 Å². The highest BCUT2D eigenvalue weighted by Crippen LogP contribution is 2.30. The third-order valence-corrected chi connectivity index (χ3v) is 5.66. The van der Waals surface area contributed by atoms with Crippen LogP contribution in [0.3, 0.4) is 0 Å². The lowest BCUT2D eigenvalue weighted by molar-refractivity contribution is -0.137. The van der Waals surface area contributed by atoms with Crippen molar-refractivity contribution in [3.05, 3.63) is 35.4 Å². The normalized spacial score (nSPS) is 22.1. The molecule has 3 rings (SSSR count). The maximum Gasteiger partial charge on any atom is 0.416 e. The topological polar surface area (TPSA) is 63.5 Å². The summed E-state index contributed by atoms with van der Waals surface area (Å²) in [4.78, 5) is 26.3. The smallest absolute Gasteiger partial charge is 0.338 e. The number of nitrogens with zero attached hydrogens (tertiary/aromatic N) is 2. The number of likely N-dealkylation sites (tertiary alicyclic amines) is 1. The minimum atomic E-state index is -4.42. The first kappa shape index (κ1) is 20.0. The van der Waals surface area contributed by atoms with E-state index >= 15 is 0 Å². The van der Waals surface area contributed by atoms with Crippen LogP contribution < -0.4 is 10.6 Å². The molecule has 0 aliphatic carbocycles. The third-order valence-electron chi connectivity index (χ3n) is 5.01. The number of hydrogen-bond acceptors (Lipinski definition) is 4. The van der Waals surface area contributed by atoms with Gasteiger partial charge in [-0.2, -0.15) is 24.9 Å². The molecule has 1 N–H and O–H groups in total. The second-order valence-corrected chi connectivity index (χ2v) is 7.81. The van der Waals surface area contributed by atoms with Crippen molar-refractivity contribution in [3.8, 4) is 0 Å². The lowest BCUT2D eigenvalue weighted by Crippen LogP contribution is -2.56. The van der Waals surface area contributed by atoms with Crippen molar-refractivity contribution in [1.82, 2.24) is 15.5 Å². The van der Waals surface area contributed by atoms with Crippen LogP contribution in [0.4, 0.5) is 13.2 Å². The minimum absolute atomic E-state index is 0.133. The van der Waals surface area contributed by atoms with Crippen LogP contribution in [0.2, 0.25) is 0 Å². The van der Waals surface area contributed by atoms with Gasteiger partial charge in [-0.15, -0.1) is 0 Å². The van der Waals surface area contributed by atoms with Crippen LogP contribution in [-0.2, 0) is 11.0 Å². The average Bonchev–Trinajstić information content (AvgIpc) is 2.94. The highest BCUT2D eigenvalue weighted by Gasteiger charge is 2.47. The number of rotatable bonds is 4. The Bertz CT molecular complexity index is 701. The summed E-state index contributed by atoms with van der Waals surface area (Å²) >= 11 is 1.67. The quantitative estimate of drug-likeness (QED) is 0.844. The zero-order valence-electron chi connectivity index (χ0n) is 14.9. The Morgan fingerprint density at radius 3 is 2.48 bits per heavy atom. The van der Waals surface area contributed by atoms with Gasteiger partial charge in [-0.05, 0) is 42.7 Å². The summed E-state index contributed by atoms with van der Waals surface area (Å²) in [5, 5.41) is 7.62. The second-order valence-electron chi connectivity index (χ2n) is 6.83. The van der Waals surface area contributed by atoms with Crippen molar-refractivity contribution in [2.75, 3.05) is 25.1 Å². The first-order valence-electron chi connectivity index (χ1n) is 8.74. The molecule has 1 radical (unpaired) electrons. The number of thioether (sulfide) groups is 1. The van der Waals surface area contributed by atoms with Crippen molar-refractivity contribution < 1.29 is 22.8 Å². The fraction of sp³-hybridized carbons (Fsp3) is 0.556. The van der Waals surface area contributed by atoms with Crippen molar-refractivity contribution in [2.45, 2.75) is 37.1 Å². The van der Waals surface area contributed by atoms with Crippen LogP contribution in [0, 0.1) is 0 Å². The Morgan fingerprint density at radius 1 is 1.30 bits per heavy atom. The van der Waals surface area contributed by atoms with Gasteiger partial charge in [-0.25, -0.2) is 5.32 Å². The van der Waals surface area contributed by atoms with Gasteiger partial charge in [0, 0.05) is 31.5 Å². The molecule has 0 aromatic heterocycles. The van der Waals surface area contributed by atoms with E-state index in [0.717, 1.165) is 24.3 Å². The third kappa shape index (κ3) is 4.40. The van der Waals surface area contributed by atoms with Gasteiger partial charge >= 0.3 is 6.18 Å². The maximum atomic E-state index is 12.6. The van der Waals surface area contributed by atoms with Crippen molar-refractivity contribution in [3.63, 3.8) is 0 Å². The highest BCUT2D eigenvalue weighted by atomic mass is 32.2. The molecule has 0 bridgehead atoms. The predicted octanol–water partition coefficient (Wildman–Crippen LogP) is 2.49. The fourth-order valence-electron chi connectivity index (χ4n) is 3.46. The molecule has 1 atom stereocenters. The largest absolute Gasteiger partial charge is 0.416 e. The van der Waals surface area contributed by atoms with Crippen LogP contribution in [0.15, 0.2) is 24.3 Å². The summed E-state index contributed by atoms with van der Waals surface area (Å²) in [6.07, 6.45) is -0.688. The molecule has 1 aromatic carbocycles. The summed E-state index contributed by atoms with van der Waals surface area (Å²) < 4.78 is 37.9. The Balaban J connectivity index is 1.59. The number of hydrogen-bond donors (Lipinski definition) is 1. The van der Waals surface area contributed by atoms with E-state index in [2.05, 4.69) is 10.6 Å². The molecule has 1 aromatic rings. The first-order valence-corrected chi connectivity index (χ1v) is 10.1. The predicted molar refractivity (Wildman–Crippen MR) is 96.4 cm³/mol. The van der Waals surface area contributed by atoms with Crippen LogP contribution in [0.25, 0.3) is 0 Å². The van der Waals surface area contributed by atoms with Crippen LogP contribution >= 0.6 is 11.8 Å². The number of halogens is 3. The molecule has 0 saturated carbocycles. The zero-order chi connectivity index (χ0) is 19.7. The number of amides is 2. The van der Waals surface area contributed by atoms with Crippen LogP contribution in [0.1, 0.15) is 35.2 Å². The fourth-order valence-corrected chi connectivity index (χ4v) is 3.93. The Kier molecular flexibility index (Phi) is 5.71. The van der Waals surface area contributed by atoms with E-state index in [9.17, 15) is 22.8 Å². The average molecular weight is 400 g/mol. The van der Waals surface area contributed by atoms with Crippen molar-refractivity contribution in [1.29, 1.82) is 0 Å². The van der Waals surface area contributed by atoms with E-state index in [1.54, 1.807) is 16.7 Å². The van der Waals surface area contributed by atoms with Gasteiger partial charge < -0.3 is 4.90 Å². The Morgan fingerprint density at radius 2 is 1.93 bits per heavy atom. The monoisotopic (exact) mass is 400 g/mol. The summed E-state index contributed by atoms with van der Waals surface area (Å²) in [7, 11) is 0. The van der Waals surface area contributed by atoms with E-state index in [0.29, 0.717) is 25.9 Å². The van der Waals surface area contributed by atoms with Gasteiger partial charge in [0.05, 0.1) is 11.6 Å². The Labute approximate surface area is 160 Å². The molecule has 5 nitrogen and oxygen atoms in total. The van der Waals surface area contributed by atoms with Gasteiger partial charge in [0.25, 0.3) is 11.8 Å². The number of carbonyl (C=O) groups is 2. The van der Waals surface area contributed by atoms with Gasteiger partial charge in [0.2, 0.25) is 0 Å². The molecule has 2 aliphatic rings. The molecule has 2 amide bonds. The molecule has 2 fully saturated rings. The lowest BCUT2D eigenvalue weighted by atomic mass is 9.97. The summed E-state index contributed by atoms with van der Waals surface area (Å²) in [5.41, 5.74) is -1.17. The first-order chi connectivity index (χ1) is 12.7. The summed E-state index contributed by atoms with van der Waals surface area (Å²) in [5.74, 6) is 0.432. The molecule has 2 saturated heterocycles. The summed E-state index contributed by atoms with van der Waals surface area (Å²) in [6.45, 7) is 0.803. The zero-order valence-corrected chi connectivity index (χ0v) is 15.7. The lowest BCUT2D eigenvalue weighted by Gasteiger charge is -2.38. The number of benzene rings is 1. The molecular formula is C18H21F3N3O2S. The number of alkyl halides is 3. The van der Waals surface area contributed by atoms with Gasteiger partial charge in [-0.1, -0.05) is 0 Å². The molecule has 2 aliphatic heterocycles. The summed E-state index contributed by atoms with van der Waals surface area (Å²) in [6, 6.07) is 3.98. The molecule has 1 spiro atoms. The van der Waals surface area contributed by atoms with E-state index in [1.165, 1.54) is 12.1 Å². The van der Waals surface area contributed by atoms with E-state index in [1.807, 2.05) is 6.26 Å². The molecule has 27 heavy (non-hydrogen) atoms. The number of nitrogens with one attached hydrogen (secondary N) is 1. The van der Waals surface area contributed by atoms with Crippen LogP contribution in [0.5, 0.6) is 0 Å². The van der Waals surface area contributed by atoms with Gasteiger partial charge in [0.1, 0.15) is 5.66 Å². The molecule has 147 valence electrons. The second kappa shape index (κ2) is 7.71. The van der Waals surface area contributed by atoms with Crippen LogP contribution in [-0.4, -0.2) is 53.5 Å².